The number of aromatic nitrogens is 2. The van der Waals surface area contributed by atoms with Gasteiger partial charge in [0.25, 0.3) is 0 Å². The van der Waals surface area contributed by atoms with E-state index in [-0.39, 0.29) is 11.8 Å². The summed E-state index contributed by atoms with van der Waals surface area (Å²) in [7, 11) is 0. The van der Waals surface area contributed by atoms with Crippen molar-refractivity contribution >= 4 is 0 Å². The lowest BCUT2D eigenvalue weighted by Crippen LogP contribution is -2.21. The Balaban J connectivity index is 1.81. The number of rotatable bonds is 7. The van der Waals surface area contributed by atoms with Gasteiger partial charge in [-0.15, -0.1) is 0 Å². The Bertz CT molecular complexity index is 500. The average molecular weight is 281 g/mol. The second-order valence-electron chi connectivity index (χ2n) is 4.45. The van der Waals surface area contributed by atoms with Crippen molar-refractivity contribution in [2.75, 3.05) is 6.54 Å². The highest BCUT2D eigenvalue weighted by molar-refractivity contribution is 5.28. The number of hydrogen-bond donors (Lipinski definition) is 2. The molecule has 1 unspecified atom stereocenters. The molecular formula is C14H17F2N3O. The van der Waals surface area contributed by atoms with Gasteiger partial charge in [-0.3, -0.25) is 0 Å². The van der Waals surface area contributed by atoms with Crippen molar-refractivity contribution in [2.45, 2.75) is 26.0 Å². The van der Waals surface area contributed by atoms with E-state index in [0.717, 1.165) is 24.2 Å². The van der Waals surface area contributed by atoms with Crippen molar-refractivity contribution in [1.82, 2.24) is 15.3 Å². The Morgan fingerprint density at radius 2 is 2.05 bits per heavy atom. The average Bonchev–Trinajstić information content (AvgIpc) is 2.92. The molecule has 1 atom stereocenters. The fourth-order valence-corrected chi connectivity index (χ4v) is 1.90. The Morgan fingerprint density at radius 3 is 2.65 bits per heavy atom. The van der Waals surface area contributed by atoms with Gasteiger partial charge in [-0.1, -0.05) is 12.1 Å². The van der Waals surface area contributed by atoms with Gasteiger partial charge >= 0.3 is 6.61 Å². The predicted octanol–water partition coefficient (Wildman–Crippen LogP) is 2.90. The van der Waals surface area contributed by atoms with Gasteiger partial charge < -0.3 is 15.0 Å². The molecular weight excluding hydrogens is 264 g/mol. The molecule has 0 aliphatic rings. The maximum atomic E-state index is 12.0. The minimum Gasteiger partial charge on any atom is -0.435 e. The number of nitrogens with one attached hydrogen (secondary N) is 2. The molecule has 2 aromatic rings. The minimum absolute atomic E-state index is 0.138. The van der Waals surface area contributed by atoms with Crippen LogP contribution in [0.3, 0.4) is 0 Å². The van der Waals surface area contributed by atoms with Crippen LogP contribution in [0.4, 0.5) is 8.78 Å². The number of aromatic amines is 1. The van der Waals surface area contributed by atoms with E-state index in [4.69, 9.17) is 0 Å². The van der Waals surface area contributed by atoms with Gasteiger partial charge in [0.05, 0.1) is 6.33 Å². The summed E-state index contributed by atoms with van der Waals surface area (Å²) in [5.41, 5.74) is 2.10. The van der Waals surface area contributed by atoms with E-state index in [1.807, 2.05) is 6.92 Å². The molecule has 0 spiro atoms. The van der Waals surface area contributed by atoms with Crippen LogP contribution >= 0.6 is 0 Å². The van der Waals surface area contributed by atoms with Gasteiger partial charge in [-0.05, 0) is 24.6 Å². The molecule has 4 nitrogen and oxygen atoms in total. The molecule has 0 aliphatic carbocycles. The number of H-pyrrole nitrogens is 1. The van der Waals surface area contributed by atoms with Gasteiger partial charge in [-0.2, -0.15) is 8.78 Å². The Morgan fingerprint density at radius 1 is 1.30 bits per heavy atom. The number of nitrogens with zero attached hydrogens (tertiary/aromatic N) is 1. The number of alkyl halides is 2. The molecule has 1 aromatic heterocycles. The van der Waals surface area contributed by atoms with Crippen molar-refractivity contribution in [3.8, 4) is 5.75 Å². The van der Waals surface area contributed by atoms with E-state index in [1.165, 1.54) is 0 Å². The summed E-state index contributed by atoms with van der Waals surface area (Å²) in [5.74, 6) is 0.174. The van der Waals surface area contributed by atoms with E-state index >= 15 is 0 Å². The van der Waals surface area contributed by atoms with Crippen molar-refractivity contribution < 1.29 is 13.5 Å². The van der Waals surface area contributed by atoms with Crippen LogP contribution in [0.5, 0.6) is 5.75 Å². The summed E-state index contributed by atoms with van der Waals surface area (Å²) in [6.45, 7) is 0.0417. The molecule has 20 heavy (non-hydrogen) atoms. The first-order valence-corrected chi connectivity index (χ1v) is 6.40. The molecule has 1 heterocycles. The molecule has 0 radical (unpaired) electrons. The molecule has 6 heteroatoms. The van der Waals surface area contributed by atoms with Crippen molar-refractivity contribution in [2.24, 2.45) is 0 Å². The maximum Gasteiger partial charge on any atom is 0.387 e. The molecule has 2 rings (SSSR count). The van der Waals surface area contributed by atoms with Gasteiger partial charge in [0.2, 0.25) is 0 Å². The summed E-state index contributed by atoms with van der Waals surface area (Å²) in [6, 6.07) is 6.80. The lowest BCUT2D eigenvalue weighted by molar-refractivity contribution is -0.0498. The third kappa shape index (κ3) is 4.31. The van der Waals surface area contributed by atoms with Gasteiger partial charge in [0.15, 0.2) is 0 Å². The second-order valence-corrected chi connectivity index (χ2v) is 4.45. The lowest BCUT2D eigenvalue weighted by Gasteiger charge is -2.14. The Kier molecular flexibility index (Phi) is 5.06. The van der Waals surface area contributed by atoms with Crippen LogP contribution < -0.4 is 10.1 Å². The van der Waals surface area contributed by atoms with Crippen molar-refractivity contribution in [1.29, 1.82) is 0 Å². The standard InChI is InChI=1S/C14H17F2N3O/c1-10(18-7-6-12-8-17-9-19-12)11-2-4-13(5-3-11)20-14(15)16/h2-5,8-10,14,18H,6-7H2,1H3,(H,17,19). The zero-order valence-electron chi connectivity index (χ0n) is 11.1. The molecule has 0 saturated carbocycles. The van der Waals surface area contributed by atoms with Gasteiger partial charge in [-0.25, -0.2) is 4.98 Å². The first-order chi connectivity index (χ1) is 9.65. The first kappa shape index (κ1) is 14.5. The van der Waals surface area contributed by atoms with E-state index < -0.39 is 6.61 Å². The highest BCUT2D eigenvalue weighted by Crippen LogP contribution is 2.19. The van der Waals surface area contributed by atoms with Crippen LogP contribution in [0.15, 0.2) is 36.8 Å². The van der Waals surface area contributed by atoms with Crippen LogP contribution in [0.2, 0.25) is 0 Å². The van der Waals surface area contributed by atoms with Gasteiger partial charge in [0.1, 0.15) is 5.75 Å². The van der Waals surface area contributed by atoms with E-state index in [1.54, 1.807) is 36.8 Å². The monoisotopic (exact) mass is 281 g/mol. The zero-order valence-corrected chi connectivity index (χ0v) is 11.1. The largest absolute Gasteiger partial charge is 0.435 e. The molecule has 108 valence electrons. The fourth-order valence-electron chi connectivity index (χ4n) is 1.90. The molecule has 1 aromatic carbocycles. The summed E-state index contributed by atoms with van der Waals surface area (Å²) in [5, 5.41) is 3.36. The third-order valence-electron chi connectivity index (χ3n) is 3.00. The Hall–Kier alpha value is -1.95. The molecule has 0 fully saturated rings. The van der Waals surface area contributed by atoms with Gasteiger partial charge in [0, 0.05) is 30.9 Å². The van der Waals surface area contributed by atoms with Crippen LogP contribution in [-0.4, -0.2) is 23.1 Å². The molecule has 0 aliphatic heterocycles. The van der Waals surface area contributed by atoms with Crippen molar-refractivity contribution in [3.05, 3.63) is 48.0 Å². The highest BCUT2D eigenvalue weighted by atomic mass is 19.3. The predicted molar refractivity (Wildman–Crippen MR) is 71.8 cm³/mol. The van der Waals surface area contributed by atoms with E-state index in [2.05, 4.69) is 20.0 Å². The van der Waals surface area contributed by atoms with E-state index in [0.29, 0.717) is 0 Å². The normalized spacial score (nSPS) is 12.6. The van der Waals surface area contributed by atoms with Crippen LogP contribution in [0.1, 0.15) is 24.2 Å². The van der Waals surface area contributed by atoms with Crippen LogP contribution in [0.25, 0.3) is 0 Å². The number of imidazole rings is 1. The topological polar surface area (TPSA) is 49.9 Å². The summed E-state index contributed by atoms with van der Waals surface area (Å²) >= 11 is 0. The van der Waals surface area contributed by atoms with Crippen LogP contribution in [0, 0.1) is 0 Å². The molecule has 2 N–H and O–H groups in total. The summed E-state index contributed by atoms with van der Waals surface area (Å²) < 4.78 is 28.4. The number of hydrogen-bond acceptors (Lipinski definition) is 3. The number of ether oxygens (including phenoxy) is 1. The fraction of sp³-hybridized carbons (Fsp3) is 0.357. The SMILES string of the molecule is CC(NCCc1cnc[nH]1)c1ccc(OC(F)F)cc1. The third-order valence-corrected chi connectivity index (χ3v) is 3.00. The molecule has 0 saturated heterocycles. The second kappa shape index (κ2) is 7.00. The smallest absolute Gasteiger partial charge is 0.387 e. The number of halogens is 2. The summed E-state index contributed by atoms with van der Waals surface area (Å²) in [6.07, 6.45) is 4.31. The minimum atomic E-state index is -2.79. The maximum absolute atomic E-state index is 12.0. The zero-order chi connectivity index (χ0) is 14.4. The molecule has 0 amide bonds. The lowest BCUT2D eigenvalue weighted by atomic mass is 10.1. The molecule has 0 bridgehead atoms. The summed E-state index contributed by atoms with van der Waals surface area (Å²) in [4.78, 5) is 6.99. The first-order valence-electron chi connectivity index (χ1n) is 6.40. The van der Waals surface area contributed by atoms with Crippen molar-refractivity contribution in [3.63, 3.8) is 0 Å². The van der Waals surface area contributed by atoms with Crippen LogP contribution in [-0.2, 0) is 6.42 Å². The highest BCUT2D eigenvalue weighted by Gasteiger charge is 2.07. The Labute approximate surface area is 116 Å². The quantitative estimate of drug-likeness (QED) is 0.820. The number of benzene rings is 1. The van der Waals surface area contributed by atoms with E-state index in [9.17, 15) is 8.78 Å².